The number of rotatable bonds is 5. The van der Waals surface area contributed by atoms with E-state index in [9.17, 15) is 0 Å². The lowest BCUT2D eigenvalue weighted by atomic mass is 9.33. The van der Waals surface area contributed by atoms with Crippen LogP contribution < -0.4 is 31.1 Å². The summed E-state index contributed by atoms with van der Waals surface area (Å²) in [5.74, 6) is 0. The highest BCUT2D eigenvalue weighted by Gasteiger charge is 2.61. The van der Waals surface area contributed by atoms with E-state index in [2.05, 4.69) is 242 Å². The Morgan fingerprint density at radius 2 is 1.03 bits per heavy atom. The summed E-state index contributed by atoms with van der Waals surface area (Å²) in [7, 11) is 0. The number of nitrogens with zero attached hydrogens (tertiary/aromatic N) is 3. The average Bonchev–Trinajstić information content (AvgIpc) is 3.66. The standard InChI is InChI=1S/C72H72BN3S/c1-67(2)35-37-69(5,6)56-41-47(26-30-53(56)67)74(48-27-31-54-57(42-48)70(7,8)38-36-68(54,3)4)49-28-32-58-60(43-49)75(50-25-29-52-51-21-14-15-24-63(51)77-64(52)44-50)61-39-46(45-19-12-11-13-20-45)40-62-65(61)73(58)59-23-18-22-55-66(59)76(62)72(10)34-17-16-33-71(55,72)9/h11-15,18-32,39-44H,16-17,33-38H2,1-10H3. The summed E-state index contributed by atoms with van der Waals surface area (Å²) in [5.41, 5.74) is 24.7. The normalized spacial score (nSPS) is 22.4. The molecular weight excluding hydrogens is 950 g/mol. The number of para-hydroxylation sites is 1. The summed E-state index contributed by atoms with van der Waals surface area (Å²) in [6, 6.07) is 62.6. The largest absolute Gasteiger partial charge is 0.335 e. The first-order valence-electron chi connectivity index (χ1n) is 29.0. The van der Waals surface area contributed by atoms with Crippen molar-refractivity contribution in [3.8, 4) is 11.1 Å². The summed E-state index contributed by atoms with van der Waals surface area (Å²) in [5, 5.41) is 2.66. The SMILES string of the molecule is CC1(C)CCC(C)(C)c2cc(N(c3ccc4c(c3)N(c3ccc5c(c3)sc3ccccc35)c3cc(-c5ccccc5)cc5c3B4c3cccc4c3N5C3(C)CCCCC43C)c3ccc4c(c3)C(C)(C)CCC4(C)C)ccc21. The van der Waals surface area contributed by atoms with Gasteiger partial charge < -0.3 is 14.7 Å². The van der Waals surface area contributed by atoms with Gasteiger partial charge in [-0.15, -0.1) is 11.3 Å². The van der Waals surface area contributed by atoms with Gasteiger partial charge in [0.15, 0.2) is 0 Å². The molecule has 0 bridgehead atoms. The minimum Gasteiger partial charge on any atom is -0.335 e. The Bertz CT molecular complexity index is 3890. The van der Waals surface area contributed by atoms with Crippen LogP contribution in [0.2, 0.25) is 0 Å². The van der Waals surface area contributed by atoms with E-state index in [0.717, 1.165) is 0 Å². The molecule has 15 rings (SSSR count). The molecule has 384 valence electrons. The molecule has 3 aliphatic heterocycles. The molecule has 8 aromatic carbocycles. The van der Waals surface area contributed by atoms with Crippen molar-refractivity contribution in [2.24, 2.45) is 0 Å². The smallest absolute Gasteiger partial charge is 0.252 e. The van der Waals surface area contributed by atoms with Gasteiger partial charge >= 0.3 is 0 Å². The van der Waals surface area contributed by atoms with Gasteiger partial charge in [-0.3, -0.25) is 0 Å². The quantitative estimate of drug-likeness (QED) is 0.159. The van der Waals surface area contributed by atoms with Gasteiger partial charge in [-0.05, 0) is 189 Å². The summed E-state index contributed by atoms with van der Waals surface area (Å²) in [4.78, 5) is 8.19. The minimum atomic E-state index is -0.0689. The van der Waals surface area contributed by atoms with Crippen LogP contribution in [0.5, 0.6) is 0 Å². The molecule has 6 aliphatic rings. The molecule has 1 aromatic heterocycles. The molecule has 2 unspecified atom stereocenters. The van der Waals surface area contributed by atoms with Crippen LogP contribution in [0.3, 0.4) is 0 Å². The van der Waals surface area contributed by atoms with Crippen molar-refractivity contribution in [1.82, 2.24) is 0 Å². The van der Waals surface area contributed by atoms with Crippen molar-refractivity contribution in [3.63, 3.8) is 0 Å². The average molecular weight is 1020 g/mol. The number of fused-ring (bicyclic) bond motifs is 12. The first-order chi connectivity index (χ1) is 36.9. The van der Waals surface area contributed by atoms with Gasteiger partial charge in [0, 0.05) is 71.1 Å². The number of anilines is 8. The lowest BCUT2D eigenvalue weighted by Crippen LogP contribution is -2.64. The molecule has 3 aliphatic carbocycles. The number of benzene rings is 8. The van der Waals surface area contributed by atoms with Crippen molar-refractivity contribution in [3.05, 3.63) is 186 Å². The fourth-order valence-corrected chi connectivity index (χ4v) is 17.4. The maximum absolute atomic E-state index is 2.88. The Morgan fingerprint density at radius 3 is 1.73 bits per heavy atom. The zero-order valence-corrected chi connectivity index (χ0v) is 47.8. The van der Waals surface area contributed by atoms with Crippen molar-refractivity contribution in [2.75, 3.05) is 14.7 Å². The lowest BCUT2D eigenvalue weighted by molar-refractivity contribution is 0.195. The molecule has 1 fully saturated rings. The molecule has 0 spiro atoms. The Balaban J connectivity index is 1.03. The third-order valence-corrected chi connectivity index (χ3v) is 22.3. The second kappa shape index (κ2) is 16.0. The van der Waals surface area contributed by atoms with Gasteiger partial charge in [-0.1, -0.05) is 166 Å². The van der Waals surface area contributed by atoms with Gasteiger partial charge in [0.05, 0.1) is 5.54 Å². The summed E-state index contributed by atoms with van der Waals surface area (Å²) in [6.07, 6.45) is 9.61. The zero-order valence-electron chi connectivity index (χ0n) is 47.0. The highest BCUT2D eigenvalue weighted by molar-refractivity contribution is 7.25. The maximum atomic E-state index is 2.88. The molecule has 0 saturated heterocycles. The molecular formula is C72H72BN3S. The van der Waals surface area contributed by atoms with Gasteiger partial charge in [0.2, 0.25) is 0 Å². The Hall–Kier alpha value is -6.56. The predicted molar refractivity (Wildman–Crippen MR) is 332 cm³/mol. The Kier molecular flexibility index (Phi) is 9.92. The van der Waals surface area contributed by atoms with Crippen LogP contribution in [0.25, 0.3) is 31.3 Å². The first-order valence-corrected chi connectivity index (χ1v) is 29.8. The van der Waals surface area contributed by atoms with Crippen LogP contribution in [0.4, 0.5) is 45.5 Å². The topological polar surface area (TPSA) is 9.72 Å². The maximum Gasteiger partial charge on any atom is 0.252 e. The van der Waals surface area contributed by atoms with Crippen molar-refractivity contribution in [2.45, 2.75) is 153 Å². The number of hydrogen-bond donors (Lipinski definition) is 0. The van der Waals surface area contributed by atoms with Gasteiger partial charge in [0.25, 0.3) is 6.71 Å². The summed E-state index contributed by atoms with van der Waals surface area (Å²) in [6.45, 7) is 24.9. The number of hydrogen-bond acceptors (Lipinski definition) is 4. The fourth-order valence-electron chi connectivity index (χ4n) is 16.2. The molecule has 5 heteroatoms. The van der Waals surface area contributed by atoms with Crippen LogP contribution in [0, 0.1) is 0 Å². The van der Waals surface area contributed by atoms with E-state index in [1.165, 1.54) is 172 Å². The van der Waals surface area contributed by atoms with Crippen molar-refractivity contribution >= 4 is 100 Å². The second-order valence-corrected chi connectivity index (χ2v) is 28.4. The van der Waals surface area contributed by atoms with Crippen molar-refractivity contribution in [1.29, 1.82) is 0 Å². The van der Waals surface area contributed by atoms with E-state index in [0.29, 0.717) is 0 Å². The number of thiophene rings is 1. The van der Waals surface area contributed by atoms with E-state index < -0.39 is 0 Å². The summed E-state index contributed by atoms with van der Waals surface area (Å²) >= 11 is 1.92. The molecule has 1 saturated carbocycles. The predicted octanol–water partition coefficient (Wildman–Crippen LogP) is 18.2. The third kappa shape index (κ3) is 6.62. The summed E-state index contributed by atoms with van der Waals surface area (Å²) < 4.78 is 2.65. The van der Waals surface area contributed by atoms with Crippen LogP contribution in [-0.2, 0) is 27.1 Å². The van der Waals surface area contributed by atoms with E-state index >= 15 is 0 Å². The molecule has 2 atom stereocenters. The van der Waals surface area contributed by atoms with Crippen LogP contribution in [0.15, 0.2) is 158 Å². The highest BCUT2D eigenvalue weighted by atomic mass is 32.1. The molecule has 77 heavy (non-hydrogen) atoms. The van der Waals surface area contributed by atoms with E-state index in [-0.39, 0.29) is 39.3 Å². The molecule has 3 nitrogen and oxygen atoms in total. The molecule has 0 N–H and O–H groups in total. The van der Waals surface area contributed by atoms with E-state index in [4.69, 9.17) is 0 Å². The van der Waals surface area contributed by atoms with E-state index in [1.54, 1.807) is 0 Å². The minimum absolute atomic E-state index is 0.0239. The Morgan fingerprint density at radius 1 is 0.429 bits per heavy atom. The highest BCUT2D eigenvalue weighted by Crippen LogP contribution is 2.62. The van der Waals surface area contributed by atoms with Crippen LogP contribution in [0.1, 0.15) is 148 Å². The molecule has 0 amide bonds. The molecule has 4 heterocycles. The Labute approximate surface area is 462 Å². The van der Waals surface area contributed by atoms with Gasteiger partial charge in [0.1, 0.15) is 0 Å². The molecule has 0 radical (unpaired) electrons. The van der Waals surface area contributed by atoms with Crippen LogP contribution in [-0.4, -0.2) is 12.3 Å². The zero-order chi connectivity index (χ0) is 52.8. The van der Waals surface area contributed by atoms with Crippen molar-refractivity contribution < 1.29 is 0 Å². The van der Waals surface area contributed by atoms with E-state index in [1.807, 2.05) is 11.3 Å². The third-order valence-electron chi connectivity index (χ3n) is 21.1. The van der Waals surface area contributed by atoms with Crippen LogP contribution >= 0.6 is 11.3 Å². The lowest BCUT2D eigenvalue weighted by Gasteiger charge is -2.53. The fraction of sp³-hybridized carbons (Fsp3) is 0.333. The first kappa shape index (κ1) is 47.6. The molecule has 9 aromatic rings. The monoisotopic (exact) mass is 1020 g/mol. The van der Waals surface area contributed by atoms with Gasteiger partial charge in [-0.2, -0.15) is 0 Å². The second-order valence-electron chi connectivity index (χ2n) is 27.3. The van der Waals surface area contributed by atoms with Gasteiger partial charge in [-0.25, -0.2) is 0 Å².